The summed E-state index contributed by atoms with van der Waals surface area (Å²) in [5.74, 6) is 0.997. The second kappa shape index (κ2) is 5.30. The maximum absolute atomic E-state index is 11.8. The summed E-state index contributed by atoms with van der Waals surface area (Å²) in [7, 11) is 0. The van der Waals surface area contributed by atoms with Gasteiger partial charge in [0.15, 0.2) is 0 Å². The van der Waals surface area contributed by atoms with Gasteiger partial charge in [0.05, 0.1) is 0 Å². The number of ketones is 1. The molecule has 0 saturated heterocycles. The van der Waals surface area contributed by atoms with Crippen molar-refractivity contribution in [3.63, 3.8) is 0 Å². The highest BCUT2D eigenvalue weighted by atomic mass is 16.1. The zero-order chi connectivity index (χ0) is 10.6. The molecule has 0 aromatic heterocycles. The lowest BCUT2D eigenvalue weighted by Crippen LogP contribution is -2.20. The van der Waals surface area contributed by atoms with Crippen molar-refractivity contribution in [2.45, 2.75) is 45.6 Å². The normalized spacial score (nSPS) is 27.9. The Bertz CT molecular complexity index is 222. The third-order valence-corrected chi connectivity index (χ3v) is 2.86. The molecule has 0 fully saturated rings. The smallest absolute Gasteiger partial charge is 0.140 e. The molecule has 0 bridgehead atoms. The van der Waals surface area contributed by atoms with Crippen molar-refractivity contribution in [3.05, 3.63) is 12.2 Å². The van der Waals surface area contributed by atoms with Gasteiger partial charge in [0.1, 0.15) is 5.78 Å². The molecule has 2 N–H and O–H groups in total. The van der Waals surface area contributed by atoms with Crippen LogP contribution in [-0.4, -0.2) is 11.8 Å². The Morgan fingerprint density at radius 3 is 2.79 bits per heavy atom. The van der Waals surface area contributed by atoms with E-state index in [1.807, 2.05) is 12.2 Å². The molecule has 0 radical (unpaired) electrons. The minimum Gasteiger partial charge on any atom is -0.324 e. The average Bonchev–Trinajstić information content (AvgIpc) is 2.52. The topological polar surface area (TPSA) is 43.1 Å². The Kier molecular flexibility index (Phi) is 4.33. The van der Waals surface area contributed by atoms with Crippen molar-refractivity contribution in [1.82, 2.24) is 0 Å². The van der Waals surface area contributed by atoms with Crippen LogP contribution in [-0.2, 0) is 4.79 Å². The SMILES string of the molecule is CCCC(C)CC(=O)C1C=CC(N)C1. The highest BCUT2D eigenvalue weighted by Crippen LogP contribution is 2.22. The fraction of sp³-hybridized carbons (Fsp3) is 0.750. The van der Waals surface area contributed by atoms with E-state index in [0.29, 0.717) is 11.7 Å². The van der Waals surface area contributed by atoms with Crippen LogP contribution in [0.5, 0.6) is 0 Å². The predicted molar refractivity (Wildman–Crippen MR) is 58.9 cm³/mol. The van der Waals surface area contributed by atoms with Crippen molar-refractivity contribution >= 4 is 5.78 Å². The molecular weight excluding hydrogens is 174 g/mol. The lowest BCUT2D eigenvalue weighted by atomic mass is 9.92. The van der Waals surface area contributed by atoms with E-state index in [0.717, 1.165) is 25.7 Å². The maximum atomic E-state index is 11.8. The van der Waals surface area contributed by atoms with Crippen molar-refractivity contribution in [1.29, 1.82) is 0 Å². The summed E-state index contributed by atoms with van der Waals surface area (Å²) < 4.78 is 0. The number of hydrogen-bond donors (Lipinski definition) is 1. The largest absolute Gasteiger partial charge is 0.324 e. The van der Waals surface area contributed by atoms with Crippen LogP contribution in [0.3, 0.4) is 0 Å². The van der Waals surface area contributed by atoms with E-state index in [9.17, 15) is 4.79 Å². The van der Waals surface area contributed by atoms with Gasteiger partial charge in [0.2, 0.25) is 0 Å². The third kappa shape index (κ3) is 3.26. The number of carbonyl (C=O) groups is 1. The zero-order valence-corrected chi connectivity index (χ0v) is 9.20. The molecule has 3 atom stereocenters. The van der Waals surface area contributed by atoms with Gasteiger partial charge >= 0.3 is 0 Å². The van der Waals surface area contributed by atoms with Gasteiger partial charge in [-0.25, -0.2) is 0 Å². The van der Waals surface area contributed by atoms with E-state index in [1.54, 1.807) is 0 Å². The van der Waals surface area contributed by atoms with Gasteiger partial charge in [0, 0.05) is 18.4 Å². The Morgan fingerprint density at radius 1 is 1.57 bits per heavy atom. The molecule has 3 unspecified atom stereocenters. The summed E-state index contributed by atoms with van der Waals surface area (Å²) in [6.07, 6.45) is 7.77. The molecule has 0 aliphatic heterocycles. The third-order valence-electron chi connectivity index (χ3n) is 2.86. The number of rotatable bonds is 5. The van der Waals surface area contributed by atoms with Crippen LogP contribution in [0.1, 0.15) is 39.5 Å². The Labute approximate surface area is 86.6 Å². The molecule has 0 spiro atoms. The van der Waals surface area contributed by atoms with Crippen molar-refractivity contribution in [3.8, 4) is 0 Å². The van der Waals surface area contributed by atoms with Crippen LogP contribution in [0.4, 0.5) is 0 Å². The van der Waals surface area contributed by atoms with Crippen LogP contribution in [0.15, 0.2) is 12.2 Å². The molecule has 14 heavy (non-hydrogen) atoms. The van der Waals surface area contributed by atoms with Crippen molar-refractivity contribution in [2.75, 3.05) is 0 Å². The summed E-state index contributed by atoms with van der Waals surface area (Å²) >= 11 is 0. The molecular formula is C12H21NO. The fourth-order valence-electron chi connectivity index (χ4n) is 2.06. The standard InChI is InChI=1S/C12H21NO/c1-3-4-9(2)7-12(14)10-5-6-11(13)8-10/h5-6,9-11H,3-4,7-8,13H2,1-2H3. The van der Waals surface area contributed by atoms with Gasteiger partial charge in [0.25, 0.3) is 0 Å². The van der Waals surface area contributed by atoms with Gasteiger partial charge in [-0.3, -0.25) is 4.79 Å². The van der Waals surface area contributed by atoms with Gasteiger partial charge in [-0.05, 0) is 12.3 Å². The first kappa shape index (κ1) is 11.4. The molecule has 0 heterocycles. The van der Waals surface area contributed by atoms with Crippen LogP contribution >= 0.6 is 0 Å². The molecule has 1 rings (SSSR count). The summed E-state index contributed by atoms with van der Waals surface area (Å²) in [5, 5.41) is 0. The first-order valence-electron chi connectivity index (χ1n) is 5.60. The van der Waals surface area contributed by atoms with Crippen molar-refractivity contribution < 1.29 is 4.79 Å². The van der Waals surface area contributed by atoms with E-state index >= 15 is 0 Å². The van der Waals surface area contributed by atoms with E-state index < -0.39 is 0 Å². The quantitative estimate of drug-likeness (QED) is 0.684. The molecule has 2 nitrogen and oxygen atoms in total. The molecule has 0 saturated carbocycles. The first-order valence-corrected chi connectivity index (χ1v) is 5.60. The van der Waals surface area contributed by atoms with Gasteiger partial charge in [-0.15, -0.1) is 0 Å². The lowest BCUT2D eigenvalue weighted by Gasteiger charge is -2.12. The van der Waals surface area contributed by atoms with Crippen molar-refractivity contribution in [2.24, 2.45) is 17.6 Å². The summed E-state index contributed by atoms with van der Waals surface area (Å²) in [5.41, 5.74) is 5.71. The number of carbonyl (C=O) groups excluding carboxylic acids is 1. The first-order chi connectivity index (χ1) is 6.63. The average molecular weight is 195 g/mol. The molecule has 1 aliphatic carbocycles. The molecule has 1 aliphatic rings. The fourth-order valence-corrected chi connectivity index (χ4v) is 2.06. The predicted octanol–water partition coefficient (Wildman–Crippen LogP) is 2.29. The molecule has 0 aromatic carbocycles. The molecule has 0 amide bonds. The summed E-state index contributed by atoms with van der Waals surface area (Å²) in [6.45, 7) is 4.31. The second-order valence-electron chi connectivity index (χ2n) is 4.46. The molecule has 0 aromatic rings. The Morgan fingerprint density at radius 2 is 2.29 bits per heavy atom. The Hall–Kier alpha value is -0.630. The summed E-state index contributed by atoms with van der Waals surface area (Å²) in [4.78, 5) is 11.8. The van der Waals surface area contributed by atoms with Crippen LogP contribution < -0.4 is 5.73 Å². The van der Waals surface area contributed by atoms with Gasteiger partial charge in [-0.2, -0.15) is 0 Å². The van der Waals surface area contributed by atoms with Crippen LogP contribution in [0, 0.1) is 11.8 Å². The summed E-state index contributed by atoms with van der Waals surface area (Å²) in [6, 6.07) is 0.102. The van der Waals surface area contributed by atoms with E-state index in [4.69, 9.17) is 5.73 Å². The Balaban J connectivity index is 2.32. The van der Waals surface area contributed by atoms with Gasteiger partial charge in [-0.1, -0.05) is 38.8 Å². The lowest BCUT2D eigenvalue weighted by molar-refractivity contribution is -0.122. The molecule has 2 heteroatoms. The van der Waals surface area contributed by atoms with Crippen LogP contribution in [0.2, 0.25) is 0 Å². The minimum absolute atomic E-state index is 0.101. The number of Topliss-reactive ketones (excluding diaryl/α,β-unsaturated/α-hetero) is 1. The number of allylic oxidation sites excluding steroid dienone is 1. The highest BCUT2D eigenvalue weighted by molar-refractivity contribution is 5.83. The molecule has 80 valence electrons. The minimum atomic E-state index is 0.101. The zero-order valence-electron chi connectivity index (χ0n) is 9.20. The number of nitrogens with two attached hydrogens (primary N) is 1. The van der Waals surface area contributed by atoms with Crippen LogP contribution in [0.25, 0.3) is 0 Å². The van der Waals surface area contributed by atoms with E-state index in [2.05, 4.69) is 13.8 Å². The van der Waals surface area contributed by atoms with E-state index in [-0.39, 0.29) is 12.0 Å². The van der Waals surface area contributed by atoms with Gasteiger partial charge < -0.3 is 5.73 Å². The number of hydrogen-bond acceptors (Lipinski definition) is 2. The van der Waals surface area contributed by atoms with E-state index in [1.165, 1.54) is 0 Å². The maximum Gasteiger partial charge on any atom is 0.140 e. The second-order valence-corrected chi connectivity index (χ2v) is 4.46. The monoisotopic (exact) mass is 195 g/mol. The highest BCUT2D eigenvalue weighted by Gasteiger charge is 2.23.